The molecule has 0 unspecified atom stereocenters. The normalized spacial score (nSPS) is 10.4. The summed E-state index contributed by atoms with van der Waals surface area (Å²) in [5.74, 6) is -1.11. The predicted octanol–water partition coefficient (Wildman–Crippen LogP) is 0.553. The maximum atomic E-state index is 12.3. The van der Waals surface area contributed by atoms with Gasteiger partial charge in [-0.1, -0.05) is 17.1 Å². The number of amides is 2. The number of benzene rings is 1. The largest absolute Gasteiger partial charge is 0.465 e. The first-order valence-electron chi connectivity index (χ1n) is 7.61. The molecule has 0 aliphatic carbocycles. The Balaban J connectivity index is 2.22. The number of aliphatic hydroxyl groups is 1. The van der Waals surface area contributed by atoms with Crippen molar-refractivity contribution in [1.29, 1.82) is 0 Å². The van der Waals surface area contributed by atoms with Crippen molar-refractivity contribution in [1.82, 2.24) is 14.9 Å². The number of anilines is 1. The highest BCUT2D eigenvalue weighted by Gasteiger charge is 2.22. The molecule has 1 aromatic heterocycles. The molecule has 12 heteroatoms. The van der Waals surface area contributed by atoms with Crippen LogP contribution in [0.1, 0.15) is 11.3 Å². The third-order valence-electron chi connectivity index (χ3n) is 3.51. The highest BCUT2D eigenvalue weighted by atomic mass is 16.7. The Morgan fingerprint density at radius 3 is 2.78 bits per heavy atom. The molecule has 27 heavy (non-hydrogen) atoms. The van der Waals surface area contributed by atoms with Gasteiger partial charge in [-0.15, -0.1) is 0 Å². The molecular weight excluding hydrogens is 362 g/mol. The van der Waals surface area contributed by atoms with Crippen molar-refractivity contribution in [3.63, 3.8) is 0 Å². The van der Waals surface area contributed by atoms with Gasteiger partial charge in [0.15, 0.2) is 0 Å². The molecule has 2 rings (SSSR count). The number of hydroxylamine groups is 1. The molecule has 0 spiro atoms. The molecule has 2 aromatic rings. The van der Waals surface area contributed by atoms with E-state index in [1.807, 2.05) is 5.32 Å². The van der Waals surface area contributed by atoms with Crippen LogP contribution in [0.2, 0.25) is 0 Å². The van der Waals surface area contributed by atoms with Gasteiger partial charge in [0.25, 0.3) is 5.91 Å². The molecule has 1 aromatic carbocycles. The highest BCUT2D eigenvalue weighted by molar-refractivity contribution is 5.94. The zero-order valence-corrected chi connectivity index (χ0v) is 14.2. The Labute approximate surface area is 152 Å². The van der Waals surface area contributed by atoms with Gasteiger partial charge in [-0.05, 0) is 22.6 Å². The van der Waals surface area contributed by atoms with E-state index in [-0.39, 0.29) is 24.8 Å². The topological polar surface area (TPSA) is 160 Å². The number of hydrogen-bond acceptors (Lipinski definition) is 7. The number of carboxylic acid groups (broad SMARTS) is 1. The van der Waals surface area contributed by atoms with Gasteiger partial charge in [0.05, 0.1) is 19.3 Å². The minimum Gasteiger partial charge on any atom is -0.465 e. The Morgan fingerprint density at radius 2 is 2.19 bits per heavy atom. The number of aliphatic hydroxyl groups excluding tert-OH is 1. The van der Waals surface area contributed by atoms with E-state index in [0.717, 1.165) is 5.06 Å². The second-order valence-corrected chi connectivity index (χ2v) is 5.31. The summed E-state index contributed by atoms with van der Waals surface area (Å²) in [4.78, 5) is 42.3. The molecule has 1 heterocycles. The fourth-order valence-corrected chi connectivity index (χ4v) is 2.16. The molecule has 12 nitrogen and oxygen atoms in total. The smallest absolute Gasteiger partial charge is 0.434 e. The van der Waals surface area contributed by atoms with Crippen molar-refractivity contribution in [2.75, 3.05) is 11.6 Å². The Bertz CT molecular complexity index is 851. The lowest BCUT2D eigenvalue weighted by atomic mass is 10.2. The van der Waals surface area contributed by atoms with E-state index in [0.29, 0.717) is 11.3 Å². The molecular formula is C15H17N5O7. The Kier molecular flexibility index (Phi) is 6.41. The maximum absolute atomic E-state index is 12.3. The summed E-state index contributed by atoms with van der Waals surface area (Å²) in [5.41, 5.74) is 1.09. The summed E-state index contributed by atoms with van der Waals surface area (Å²) >= 11 is 0. The van der Waals surface area contributed by atoms with E-state index in [4.69, 9.17) is 9.94 Å². The minimum absolute atomic E-state index is 0.237. The van der Waals surface area contributed by atoms with Crippen molar-refractivity contribution in [2.45, 2.75) is 13.2 Å². The molecule has 0 saturated carbocycles. The van der Waals surface area contributed by atoms with Crippen LogP contribution in [-0.4, -0.2) is 43.2 Å². The summed E-state index contributed by atoms with van der Waals surface area (Å²) in [6.45, 7) is -1.05. The first-order valence-corrected chi connectivity index (χ1v) is 7.61. The molecule has 0 saturated heterocycles. The van der Waals surface area contributed by atoms with Gasteiger partial charge < -0.3 is 25.6 Å². The average molecular weight is 379 g/mol. The summed E-state index contributed by atoms with van der Waals surface area (Å²) in [5, 5.41) is 31.6. The number of aromatic nitrogens is 2. The third kappa shape index (κ3) is 4.99. The molecule has 0 bridgehead atoms. The van der Waals surface area contributed by atoms with Crippen LogP contribution in [0, 0.1) is 10.1 Å². The first-order chi connectivity index (χ1) is 12.8. The minimum atomic E-state index is -1.38. The van der Waals surface area contributed by atoms with Crippen molar-refractivity contribution in [3.8, 4) is 0 Å². The molecule has 0 aliphatic rings. The highest BCUT2D eigenvalue weighted by Crippen LogP contribution is 2.19. The average Bonchev–Trinajstić information content (AvgIpc) is 3.01. The summed E-state index contributed by atoms with van der Waals surface area (Å²) < 4.78 is 1.20. The van der Waals surface area contributed by atoms with Gasteiger partial charge in [-0.3, -0.25) is 9.63 Å². The van der Waals surface area contributed by atoms with Crippen LogP contribution in [0.5, 0.6) is 0 Å². The monoisotopic (exact) mass is 379 g/mol. The van der Waals surface area contributed by atoms with Gasteiger partial charge in [0, 0.05) is 0 Å². The number of nitrogens with one attached hydrogen (secondary N) is 1. The van der Waals surface area contributed by atoms with Crippen molar-refractivity contribution >= 4 is 23.6 Å². The summed E-state index contributed by atoms with van der Waals surface area (Å²) in [7, 11) is 1.42. The van der Waals surface area contributed by atoms with E-state index in [1.54, 1.807) is 12.1 Å². The third-order valence-corrected chi connectivity index (χ3v) is 3.51. The second kappa shape index (κ2) is 8.73. The van der Waals surface area contributed by atoms with Crippen LogP contribution in [0.3, 0.4) is 0 Å². The van der Waals surface area contributed by atoms with Crippen molar-refractivity contribution in [2.24, 2.45) is 7.05 Å². The Hall–Kier alpha value is -3.51. The number of imidazole rings is 1. The number of nitro groups is 1. The van der Waals surface area contributed by atoms with E-state index < -0.39 is 23.5 Å². The molecule has 2 amide bonds. The quantitative estimate of drug-likeness (QED) is 0.443. The van der Waals surface area contributed by atoms with Crippen molar-refractivity contribution < 1.29 is 29.6 Å². The molecule has 0 radical (unpaired) electrons. The molecule has 0 atom stereocenters. The van der Waals surface area contributed by atoms with Crippen LogP contribution >= 0.6 is 0 Å². The lowest BCUT2D eigenvalue weighted by molar-refractivity contribution is -0.396. The second-order valence-electron chi connectivity index (χ2n) is 5.31. The fraction of sp³-hybridized carbons (Fsp3) is 0.267. The van der Waals surface area contributed by atoms with E-state index in [1.165, 1.54) is 29.9 Å². The number of carbonyl (C=O) groups is 2. The maximum Gasteiger partial charge on any atom is 0.434 e. The van der Waals surface area contributed by atoms with Gasteiger partial charge in [0.1, 0.15) is 25.0 Å². The first kappa shape index (κ1) is 19.8. The van der Waals surface area contributed by atoms with Crippen LogP contribution < -0.4 is 10.4 Å². The van der Waals surface area contributed by atoms with Crippen LogP contribution in [0.25, 0.3) is 0 Å². The standard InChI is InChI=1S/C15H17N5O7/c1-18-12(6-16-14(18)20(25)26)9-27-19(13(22)7-17-15(23)24)11-4-2-3-10(5-11)8-21/h2-6,17,21H,7-9H2,1H3,(H,23,24). The SMILES string of the molecule is Cn1c(CON(C(=O)CNC(=O)O)c2cccc(CO)c2)cnc1[N+](=O)[O-]. The summed E-state index contributed by atoms with van der Waals surface area (Å²) in [6.07, 6.45) is -0.143. The zero-order chi connectivity index (χ0) is 20.0. The van der Waals surface area contributed by atoms with E-state index >= 15 is 0 Å². The lowest BCUT2D eigenvalue weighted by Gasteiger charge is -2.22. The van der Waals surface area contributed by atoms with Gasteiger partial charge in [-0.2, -0.15) is 5.06 Å². The lowest BCUT2D eigenvalue weighted by Crippen LogP contribution is -2.40. The van der Waals surface area contributed by atoms with Crippen LogP contribution in [0.4, 0.5) is 16.4 Å². The predicted molar refractivity (Wildman–Crippen MR) is 90.5 cm³/mol. The van der Waals surface area contributed by atoms with Crippen LogP contribution in [0.15, 0.2) is 30.5 Å². The number of hydrogen-bond donors (Lipinski definition) is 3. The molecule has 144 valence electrons. The molecule has 0 aliphatic heterocycles. The number of carbonyl (C=O) groups excluding carboxylic acids is 1. The zero-order valence-electron chi connectivity index (χ0n) is 14.2. The number of rotatable bonds is 8. The van der Waals surface area contributed by atoms with Gasteiger partial charge in [0.2, 0.25) is 0 Å². The van der Waals surface area contributed by atoms with Gasteiger partial charge in [-0.25, -0.2) is 9.36 Å². The van der Waals surface area contributed by atoms with Gasteiger partial charge >= 0.3 is 12.0 Å². The van der Waals surface area contributed by atoms with E-state index in [9.17, 15) is 24.8 Å². The van der Waals surface area contributed by atoms with E-state index in [2.05, 4.69) is 4.98 Å². The number of nitrogens with zero attached hydrogens (tertiary/aromatic N) is 4. The fourth-order valence-electron chi connectivity index (χ4n) is 2.16. The van der Waals surface area contributed by atoms with Crippen molar-refractivity contribution in [3.05, 3.63) is 51.8 Å². The summed E-state index contributed by atoms with van der Waals surface area (Å²) in [6, 6.07) is 6.24. The Morgan fingerprint density at radius 1 is 1.44 bits per heavy atom. The molecule has 0 fully saturated rings. The van der Waals surface area contributed by atoms with Crippen LogP contribution in [-0.2, 0) is 29.9 Å². The molecule has 3 N–H and O–H groups in total.